The third-order valence-electron chi connectivity index (χ3n) is 4.48. The molecule has 1 saturated carbocycles. The van der Waals surface area contributed by atoms with Crippen LogP contribution in [0.1, 0.15) is 71.2 Å². The molecule has 0 aromatic carbocycles. The van der Waals surface area contributed by atoms with Gasteiger partial charge in [-0.3, -0.25) is 4.68 Å². The van der Waals surface area contributed by atoms with Crippen molar-refractivity contribution in [3.8, 4) is 0 Å². The third kappa shape index (κ3) is 3.22. The fourth-order valence-electron chi connectivity index (χ4n) is 3.08. The third-order valence-corrected chi connectivity index (χ3v) is 5.09. The van der Waals surface area contributed by atoms with Gasteiger partial charge in [-0.2, -0.15) is 5.10 Å². The van der Waals surface area contributed by atoms with Crippen molar-refractivity contribution in [2.75, 3.05) is 0 Å². The standard InChI is InChI=1S/C15H26BrN3/c1-10(2)19-14(12(16)9-18-19)13(17)11-5-7-15(3,4)8-6-11/h9-11,13H,5-8,17H2,1-4H3. The maximum absolute atomic E-state index is 6.55. The number of halogens is 1. The second-order valence-electron chi connectivity index (χ2n) is 6.94. The maximum Gasteiger partial charge on any atom is 0.0699 e. The summed E-state index contributed by atoms with van der Waals surface area (Å²) in [5.41, 5.74) is 8.21. The highest BCUT2D eigenvalue weighted by molar-refractivity contribution is 9.10. The van der Waals surface area contributed by atoms with E-state index in [1.807, 2.05) is 6.20 Å². The minimum atomic E-state index is 0.0929. The quantitative estimate of drug-likeness (QED) is 0.891. The van der Waals surface area contributed by atoms with Gasteiger partial charge in [-0.15, -0.1) is 0 Å². The van der Waals surface area contributed by atoms with Crippen LogP contribution in [0.15, 0.2) is 10.7 Å². The van der Waals surface area contributed by atoms with Crippen LogP contribution < -0.4 is 5.73 Å². The van der Waals surface area contributed by atoms with Crippen molar-refractivity contribution in [2.45, 2.75) is 65.5 Å². The average Bonchev–Trinajstić information content (AvgIpc) is 2.70. The highest BCUT2D eigenvalue weighted by Gasteiger charge is 2.32. The summed E-state index contributed by atoms with van der Waals surface area (Å²) in [6.07, 6.45) is 6.88. The molecule has 1 aliphatic rings. The van der Waals surface area contributed by atoms with Crippen molar-refractivity contribution in [3.63, 3.8) is 0 Å². The van der Waals surface area contributed by atoms with Gasteiger partial charge in [0.1, 0.15) is 0 Å². The molecule has 0 spiro atoms. The summed E-state index contributed by atoms with van der Waals surface area (Å²) in [5, 5.41) is 4.45. The summed E-state index contributed by atoms with van der Waals surface area (Å²) < 4.78 is 3.12. The Morgan fingerprint density at radius 3 is 2.47 bits per heavy atom. The van der Waals surface area contributed by atoms with Gasteiger partial charge in [0, 0.05) is 6.04 Å². The number of hydrogen-bond donors (Lipinski definition) is 1. The van der Waals surface area contributed by atoms with Crippen LogP contribution in [0.4, 0.5) is 0 Å². The van der Waals surface area contributed by atoms with E-state index in [-0.39, 0.29) is 6.04 Å². The maximum atomic E-state index is 6.55. The second-order valence-corrected chi connectivity index (χ2v) is 7.80. The Bertz CT molecular complexity index is 427. The molecule has 1 atom stereocenters. The first-order valence-electron chi connectivity index (χ1n) is 7.30. The first-order chi connectivity index (χ1) is 8.82. The largest absolute Gasteiger partial charge is 0.322 e. The Labute approximate surface area is 125 Å². The van der Waals surface area contributed by atoms with E-state index < -0.39 is 0 Å². The van der Waals surface area contributed by atoms with Crippen LogP contribution in [0.25, 0.3) is 0 Å². The van der Waals surface area contributed by atoms with Crippen LogP contribution in [0.5, 0.6) is 0 Å². The van der Waals surface area contributed by atoms with E-state index in [1.54, 1.807) is 0 Å². The van der Waals surface area contributed by atoms with E-state index in [4.69, 9.17) is 5.73 Å². The van der Waals surface area contributed by atoms with E-state index in [9.17, 15) is 0 Å². The first kappa shape index (κ1) is 15.0. The molecule has 0 radical (unpaired) electrons. The molecule has 1 unspecified atom stereocenters. The van der Waals surface area contributed by atoms with Gasteiger partial charge < -0.3 is 5.73 Å². The minimum absolute atomic E-state index is 0.0929. The first-order valence-corrected chi connectivity index (χ1v) is 8.09. The normalized spacial score (nSPS) is 21.8. The summed E-state index contributed by atoms with van der Waals surface area (Å²) in [7, 11) is 0. The second kappa shape index (κ2) is 5.57. The Kier molecular flexibility index (Phi) is 4.41. The molecule has 0 saturated heterocycles. The van der Waals surface area contributed by atoms with Crippen LogP contribution in [0, 0.1) is 11.3 Å². The van der Waals surface area contributed by atoms with Crippen LogP contribution in [0.3, 0.4) is 0 Å². The van der Waals surface area contributed by atoms with Crippen LogP contribution >= 0.6 is 15.9 Å². The molecule has 3 nitrogen and oxygen atoms in total. The van der Waals surface area contributed by atoms with Crippen LogP contribution in [-0.2, 0) is 0 Å². The van der Waals surface area contributed by atoms with Crippen LogP contribution in [0.2, 0.25) is 0 Å². The van der Waals surface area contributed by atoms with Crippen molar-refractivity contribution in [1.29, 1.82) is 0 Å². The van der Waals surface area contributed by atoms with Gasteiger partial charge in [-0.05, 0) is 66.8 Å². The molecular weight excluding hydrogens is 302 g/mol. The van der Waals surface area contributed by atoms with Crippen LogP contribution in [-0.4, -0.2) is 9.78 Å². The highest BCUT2D eigenvalue weighted by Crippen LogP contribution is 2.43. The molecule has 1 aromatic heterocycles. The monoisotopic (exact) mass is 327 g/mol. The van der Waals surface area contributed by atoms with E-state index in [2.05, 4.69) is 53.4 Å². The van der Waals surface area contributed by atoms with Gasteiger partial charge >= 0.3 is 0 Å². The van der Waals surface area contributed by atoms with E-state index in [0.29, 0.717) is 17.4 Å². The van der Waals surface area contributed by atoms with E-state index in [0.717, 1.165) is 4.47 Å². The zero-order valence-electron chi connectivity index (χ0n) is 12.5. The molecule has 0 amide bonds. The van der Waals surface area contributed by atoms with Crippen molar-refractivity contribution in [2.24, 2.45) is 17.1 Å². The van der Waals surface area contributed by atoms with E-state index in [1.165, 1.54) is 31.4 Å². The molecule has 108 valence electrons. The molecule has 1 heterocycles. The lowest BCUT2D eigenvalue weighted by molar-refractivity contribution is 0.170. The molecule has 1 aliphatic carbocycles. The fourth-order valence-corrected chi connectivity index (χ4v) is 3.62. The fraction of sp³-hybridized carbons (Fsp3) is 0.800. The van der Waals surface area contributed by atoms with Gasteiger partial charge in [0.25, 0.3) is 0 Å². The predicted octanol–water partition coefficient (Wildman–Crippen LogP) is 4.44. The molecule has 2 rings (SSSR count). The van der Waals surface area contributed by atoms with Crippen molar-refractivity contribution >= 4 is 15.9 Å². The Balaban J connectivity index is 2.16. The number of aromatic nitrogens is 2. The average molecular weight is 328 g/mol. The van der Waals surface area contributed by atoms with Gasteiger partial charge in [-0.25, -0.2) is 0 Å². The van der Waals surface area contributed by atoms with Gasteiger partial charge in [0.2, 0.25) is 0 Å². The lowest BCUT2D eigenvalue weighted by atomic mass is 9.71. The molecular formula is C15H26BrN3. The van der Waals surface area contributed by atoms with Gasteiger partial charge in [0.05, 0.1) is 22.4 Å². The summed E-state index contributed by atoms with van der Waals surface area (Å²) in [6.45, 7) is 9.03. The molecule has 0 aliphatic heterocycles. The number of nitrogens with two attached hydrogens (primary N) is 1. The highest BCUT2D eigenvalue weighted by atomic mass is 79.9. The molecule has 1 aromatic rings. The summed E-state index contributed by atoms with van der Waals surface area (Å²) in [4.78, 5) is 0. The molecule has 4 heteroatoms. The summed E-state index contributed by atoms with van der Waals surface area (Å²) in [6, 6.07) is 0.447. The smallest absolute Gasteiger partial charge is 0.0699 e. The van der Waals surface area contributed by atoms with E-state index >= 15 is 0 Å². The summed E-state index contributed by atoms with van der Waals surface area (Å²) >= 11 is 3.61. The topological polar surface area (TPSA) is 43.8 Å². The zero-order chi connectivity index (χ0) is 14.2. The molecule has 2 N–H and O–H groups in total. The SMILES string of the molecule is CC(C)n1ncc(Br)c1C(N)C1CCC(C)(C)CC1. The Hall–Kier alpha value is -0.350. The number of rotatable bonds is 3. The van der Waals surface area contributed by atoms with Crippen molar-refractivity contribution in [1.82, 2.24) is 9.78 Å². The van der Waals surface area contributed by atoms with Gasteiger partial charge in [0.15, 0.2) is 0 Å². The lowest BCUT2D eigenvalue weighted by Gasteiger charge is -2.37. The lowest BCUT2D eigenvalue weighted by Crippen LogP contribution is -2.31. The summed E-state index contributed by atoms with van der Waals surface area (Å²) in [5.74, 6) is 0.582. The Morgan fingerprint density at radius 1 is 1.37 bits per heavy atom. The molecule has 1 fully saturated rings. The predicted molar refractivity (Wildman–Crippen MR) is 83.0 cm³/mol. The molecule has 19 heavy (non-hydrogen) atoms. The number of nitrogens with zero attached hydrogens (tertiary/aromatic N) is 2. The zero-order valence-corrected chi connectivity index (χ0v) is 14.1. The molecule has 0 bridgehead atoms. The van der Waals surface area contributed by atoms with Crippen molar-refractivity contribution < 1.29 is 0 Å². The van der Waals surface area contributed by atoms with Crippen molar-refractivity contribution in [3.05, 3.63) is 16.4 Å². The van der Waals surface area contributed by atoms with Gasteiger partial charge in [-0.1, -0.05) is 13.8 Å². The minimum Gasteiger partial charge on any atom is -0.322 e. The number of hydrogen-bond acceptors (Lipinski definition) is 2. The Morgan fingerprint density at radius 2 is 1.95 bits per heavy atom.